The molecule has 1 aromatic heterocycles. The summed E-state index contributed by atoms with van der Waals surface area (Å²) >= 11 is 5.99. The van der Waals surface area contributed by atoms with E-state index in [4.69, 9.17) is 16.9 Å². The molecular formula is C14H9ClN2. The second kappa shape index (κ2) is 5.29. The van der Waals surface area contributed by atoms with Crippen LogP contribution in [-0.2, 0) is 0 Å². The van der Waals surface area contributed by atoms with Crippen LogP contribution in [0.2, 0.25) is 0 Å². The topological polar surface area (TPSA) is 36.7 Å². The Hall–Kier alpha value is -2.11. The third kappa shape index (κ3) is 2.72. The van der Waals surface area contributed by atoms with Gasteiger partial charge in [-0.15, -0.1) is 0 Å². The van der Waals surface area contributed by atoms with Crippen molar-refractivity contribution in [2.75, 3.05) is 0 Å². The highest BCUT2D eigenvalue weighted by atomic mass is 35.5. The van der Waals surface area contributed by atoms with E-state index < -0.39 is 0 Å². The van der Waals surface area contributed by atoms with E-state index in [9.17, 15) is 0 Å². The number of hydrogen-bond acceptors (Lipinski definition) is 2. The van der Waals surface area contributed by atoms with Gasteiger partial charge in [-0.25, -0.2) is 0 Å². The summed E-state index contributed by atoms with van der Waals surface area (Å²) < 4.78 is 0. The number of rotatable bonds is 2. The lowest BCUT2D eigenvalue weighted by atomic mass is 10.0. The summed E-state index contributed by atoms with van der Waals surface area (Å²) in [6.45, 7) is 0. The number of hydrogen-bond donors (Lipinski definition) is 0. The first kappa shape index (κ1) is 11.4. The fraction of sp³-hybridized carbons (Fsp3) is 0. The Bertz CT molecular complexity index is 583. The van der Waals surface area contributed by atoms with Gasteiger partial charge in [0.15, 0.2) is 0 Å². The van der Waals surface area contributed by atoms with Crippen LogP contribution < -0.4 is 0 Å². The third-order valence-corrected chi connectivity index (χ3v) is 2.67. The Morgan fingerprint density at radius 2 is 1.94 bits per heavy atom. The molecule has 82 valence electrons. The van der Waals surface area contributed by atoms with Crippen molar-refractivity contribution in [3.05, 3.63) is 60.4 Å². The predicted octanol–water partition coefficient (Wildman–Crippen LogP) is 3.85. The SMILES string of the molecule is N#CC=C(Cl)c1cccc(-c2ccncc2)c1. The van der Waals surface area contributed by atoms with Crippen LogP contribution in [0.1, 0.15) is 5.56 Å². The second-order valence-corrected chi connectivity index (χ2v) is 3.85. The molecule has 0 atom stereocenters. The van der Waals surface area contributed by atoms with E-state index in [1.165, 1.54) is 6.08 Å². The van der Waals surface area contributed by atoms with Crippen LogP contribution in [0.25, 0.3) is 16.2 Å². The van der Waals surface area contributed by atoms with E-state index in [-0.39, 0.29) is 0 Å². The van der Waals surface area contributed by atoms with Crippen LogP contribution in [0.4, 0.5) is 0 Å². The lowest BCUT2D eigenvalue weighted by Gasteiger charge is -2.03. The van der Waals surface area contributed by atoms with Gasteiger partial charge < -0.3 is 0 Å². The van der Waals surface area contributed by atoms with Crippen molar-refractivity contribution in [2.24, 2.45) is 0 Å². The highest BCUT2D eigenvalue weighted by Gasteiger charge is 2.01. The Morgan fingerprint density at radius 3 is 2.65 bits per heavy atom. The molecule has 0 amide bonds. The monoisotopic (exact) mass is 240 g/mol. The van der Waals surface area contributed by atoms with Crippen LogP contribution in [0.5, 0.6) is 0 Å². The van der Waals surface area contributed by atoms with Gasteiger partial charge in [0.25, 0.3) is 0 Å². The minimum atomic E-state index is 0.448. The zero-order valence-electron chi connectivity index (χ0n) is 8.97. The lowest BCUT2D eigenvalue weighted by molar-refractivity contribution is 1.33. The van der Waals surface area contributed by atoms with Crippen LogP contribution in [-0.4, -0.2) is 4.98 Å². The van der Waals surface area contributed by atoms with E-state index in [1.807, 2.05) is 42.5 Å². The van der Waals surface area contributed by atoms with Gasteiger partial charge in [-0.1, -0.05) is 29.8 Å². The third-order valence-electron chi connectivity index (χ3n) is 2.34. The summed E-state index contributed by atoms with van der Waals surface area (Å²) in [6.07, 6.45) is 4.82. The molecule has 0 aliphatic carbocycles. The molecule has 3 heteroatoms. The molecule has 0 unspecified atom stereocenters. The Labute approximate surface area is 105 Å². The van der Waals surface area contributed by atoms with Gasteiger partial charge in [-0.05, 0) is 34.9 Å². The fourth-order valence-electron chi connectivity index (χ4n) is 1.53. The Balaban J connectivity index is 2.43. The first-order chi connectivity index (χ1) is 8.31. The molecule has 0 radical (unpaired) electrons. The highest BCUT2D eigenvalue weighted by Crippen LogP contribution is 2.25. The number of nitrogens with zero attached hydrogens (tertiary/aromatic N) is 2. The molecule has 0 aliphatic heterocycles. The molecule has 0 saturated heterocycles. The van der Waals surface area contributed by atoms with Gasteiger partial charge in [0.1, 0.15) is 0 Å². The summed E-state index contributed by atoms with van der Waals surface area (Å²) in [6, 6.07) is 13.5. The first-order valence-corrected chi connectivity index (χ1v) is 5.45. The summed E-state index contributed by atoms with van der Waals surface area (Å²) in [7, 11) is 0. The van der Waals surface area contributed by atoms with Gasteiger partial charge >= 0.3 is 0 Å². The molecule has 0 aliphatic rings. The average Bonchev–Trinajstić information content (AvgIpc) is 2.40. The minimum absolute atomic E-state index is 0.448. The van der Waals surface area contributed by atoms with Crippen molar-refractivity contribution in [1.29, 1.82) is 5.26 Å². The van der Waals surface area contributed by atoms with E-state index >= 15 is 0 Å². The van der Waals surface area contributed by atoms with E-state index in [0.29, 0.717) is 5.03 Å². The highest BCUT2D eigenvalue weighted by molar-refractivity contribution is 6.49. The van der Waals surface area contributed by atoms with Crippen LogP contribution in [0, 0.1) is 11.3 Å². The predicted molar refractivity (Wildman–Crippen MR) is 69.1 cm³/mol. The van der Waals surface area contributed by atoms with E-state index in [0.717, 1.165) is 16.7 Å². The quantitative estimate of drug-likeness (QED) is 0.748. The normalized spacial score (nSPS) is 10.9. The van der Waals surface area contributed by atoms with Gasteiger partial charge in [0, 0.05) is 18.5 Å². The lowest BCUT2D eigenvalue weighted by Crippen LogP contribution is -1.82. The van der Waals surface area contributed by atoms with Gasteiger partial charge in [0.05, 0.1) is 11.1 Å². The standard InChI is InChI=1S/C14H9ClN2/c15-14(4-7-16)13-3-1-2-12(10-13)11-5-8-17-9-6-11/h1-6,8-10H. The molecule has 2 aromatic rings. The van der Waals surface area contributed by atoms with Gasteiger partial charge in [-0.2, -0.15) is 5.26 Å². The smallest absolute Gasteiger partial charge is 0.0927 e. The summed E-state index contributed by atoms with van der Waals surface area (Å²) in [5.41, 5.74) is 2.96. The summed E-state index contributed by atoms with van der Waals surface area (Å²) in [4.78, 5) is 3.98. The number of pyridine rings is 1. The minimum Gasteiger partial charge on any atom is -0.265 e. The Morgan fingerprint density at radius 1 is 1.18 bits per heavy atom. The van der Waals surface area contributed by atoms with Crippen LogP contribution >= 0.6 is 11.6 Å². The molecule has 2 rings (SSSR count). The molecule has 0 bridgehead atoms. The second-order valence-electron chi connectivity index (χ2n) is 3.44. The molecule has 1 heterocycles. The first-order valence-electron chi connectivity index (χ1n) is 5.07. The number of halogens is 1. The van der Waals surface area contributed by atoms with Gasteiger partial charge in [-0.3, -0.25) is 4.98 Å². The average molecular weight is 241 g/mol. The van der Waals surface area contributed by atoms with Crippen molar-refractivity contribution in [3.63, 3.8) is 0 Å². The van der Waals surface area contributed by atoms with Crippen molar-refractivity contribution in [3.8, 4) is 17.2 Å². The van der Waals surface area contributed by atoms with Gasteiger partial charge in [0.2, 0.25) is 0 Å². The molecule has 17 heavy (non-hydrogen) atoms. The maximum Gasteiger partial charge on any atom is 0.0927 e. The molecule has 2 nitrogen and oxygen atoms in total. The number of nitriles is 1. The fourth-order valence-corrected chi connectivity index (χ4v) is 1.70. The van der Waals surface area contributed by atoms with E-state index in [1.54, 1.807) is 12.4 Å². The number of allylic oxidation sites excluding steroid dienone is 1. The molecule has 0 saturated carbocycles. The largest absolute Gasteiger partial charge is 0.265 e. The number of aromatic nitrogens is 1. The molecule has 0 N–H and O–H groups in total. The van der Waals surface area contributed by atoms with Crippen molar-refractivity contribution in [1.82, 2.24) is 4.98 Å². The maximum absolute atomic E-state index is 8.57. The molecule has 0 fully saturated rings. The molecule has 0 spiro atoms. The maximum atomic E-state index is 8.57. The van der Waals surface area contributed by atoms with Crippen LogP contribution in [0.15, 0.2) is 54.9 Å². The number of benzene rings is 1. The summed E-state index contributed by atoms with van der Waals surface area (Å²) in [5, 5.41) is 9.01. The zero-order valence-corrected chi connectivity index (χ0v) is 9.72. The zero-order chi connectivity index (χ0) is 12.1. The van der Waals surface area contributed by atoms with Crippen molar-refractivity contribution in [2.45, 2.75) is 0 Å². The molecular weight excluding hydrogens is 232 g/mol. The molecule has 1 aromatic carbocycles. The van der Waals surface area contributed by atoms with Crippen molar-refractivity contribution >= 4 is 16.6 Å². The summed E-state index contributed by atoms with van der Waals surface area (Å²) in [5.74, 6) is 0. The van der Waals surface area contributed by atoms with Crippen LogP contribution in [0.3, 0.4) is 0 Å². The van der Waals surface area contributed by atoms with Crippen molar-refractivity contribution < 1.29 is 0 Å². The van der Waals surface area contributed by atoms with E-state index in [2.05, 4.69) is 4.98 Å². The Kier molecular flexibility index (Phi) is 3.54.